The average molecular weight is 237 g/mol. The number of rotatable bonds is 7. The molecule has 0 radical (unpaired) electrons. The summed E-state index contributed by atoms with van der Waals surface area (Å²) in [6.45, 7) is 2.75. The van der Waals surface area contributed by atoms with Gasteiger partial charge in [-0.05, 0) is 12.8 Å². The Morgan fingerprint density at radius 2 is 2.24 bits per heavy atom. The molecular formula is C13H23N3O. The van der Waals surface area contributed by atoms with Gasteiger partial charge in [0.15, 0.2) is 0 Å². The molecule has 96 valence electrons. The van der Waals surface area contributed by atoms with E-state index in [2.05, 4.69) is 14.9 Å². The molecule has 1 saturated carbocycles. The molecule has 1 aliphatic rings. The van der Waals surface area contributed by atoms with Crippen LogP contribution in [0.5, 0.6) is 0 Å². The molecule has 1 heterocycles. The van der Waals surface area contributed by atoms with Crippen molar-refractivity contribution in [2.24, 2.45) is 7.05 Å². The van der Waals surface area contributed by atoms with Crippen LogP contribution in [0.15, 0.2) is 12.4 Å². The van der Waals surface area contributed by atoms with Gasteiger partial charge >= 0.3 is 0 Å². The number of hydrogen-bond acceptors (Lipinski definition) is 3. The maximum Gasteiger partial charge on any atom is 0.109 e. The maximum atomic E-state index is 5.78. The monoisotopic (exact) mass is 237 g/mol. The highest BCUT2D eigenvalue weighted by molar-refractivity contribution is 4.91. The van der Waals surface area contributed by atoms with Crippen molar-refractivity contribution < 1.29 is 4.74 Å². The Hall–Kier alpha value is -0.870. The number of hydrogen-bond donors (Lipinski definition) is 1. The second-order valence-electron chi connectivity index (χ2n) is 4.73. The van der Waals surface area contributed by atoms with Gasteiger partial charge < -0.3 is 14.6 Å². The van der Waals surface area contributed by atoms with Crippen LogP contribution in [-0.2, 0) is 18.2 Å². The molecule has 1 aromatic rings. The quantitative estimate of drug-likeness (QED) is 0.731. The van der Waals surface area contributed by atoms with Gasteiger partial charge in [0.2, 0.25) is 0 Å². The average Bonchev–Trinajstić information content (AvgIpc) is 2.95. The van der Waals surface area contributed by atoms with Crippen molar-refractivity contribution in [2.75, 3.05) is 19.7 Å². The van der Waals surface area contributed by atoms with Crippen LogP contribution in [0, 0.1) is 0 Å². The first-order valence-corrected chi connectivity index (χ1v) is 6.65. The van der Waals surface area contributed by atoms with E-state index in [1.54, 1.807) is 0 Å². The van der Waals surface area contributed by atoms with Gasteiger partial charge in [-0.3, -0.25) is 0 Å². The van der Waals surface area contributed by atoms with Gasteiger partial charge in [-0.1, -0.05) is 12.8 Å². The maximum absolute atomic E-state index is 5.78. The summed E-state index contributed by atoms with van der Waals surface area (Å²) >= 11 is 0. The van der Waals surface area contributed by atoms with Crippen LogP contribution in [0.3, 0.4) is 0 Å². The molecule has 4 heteroatoms. The van der Waals surface area contributed by atoms with Gasteiger partial charge in [-0.2, -0.15) is 0 Å². The molecule has 1 N–H and O–H groups in total. The summed E-state index contributed by atoms with van der Waals surface area (Å²) in [5.74, 6) is 1.13. The van der Waals surface area contributed by atoms with Crippen LogP contribution in [-0.4, -0.2) is 35.4 Å². The summed E-state index contributed by atoms with van der Waals surface area (Å²) < 4.78 is 7.85. The fourth-order valence-electron chi connectivity index (χ4n) is 2.32. The minimum atomic E-state index is 0.534. The zero-order valence-corrected chi connectivity index (χ0v) is 10.7. The van der Waals surface area contributed by atoms with Gasteiger partial charge in [-0.25, -0.2) is 4.98 Å². The third-order valence-electron chi connectivity index (χ3n) is 3.38. The van der Waals surface area contributed by atoms with E-state index in [-0.39, 0.29) is 0 Å². The molecule has 2 rings (SSSR count). The van der Waals surface area contributed by atoms with Crippen LogP contribution in [0.4, 0.5) is 0 Å². The van der Waals surface area contributed by atoms with Crippen molar-refractivity contribution in [1.29, 1.82) is 0 Å². The zero-order chi connectivity index (χ0) is 11.9. The van der Waals surface area contributed by atoms with Crippen molar-refractivity contribution in [3.05, 3.63) is 18.2 Å². The Labute approximate surface area is 103 Å². The van der Waals surface area contributed by atoms with E-state index in [9.17, 15) is 0 Å². The van der Waals surface area contributed by atoms with Gasteiger partial charge in [0.05, 0.1) is 12.7 Å². The summed E-state index contributed by atoms with van der Waals surface area (Å²) in [5.41, 5.74) is 0. The van der Waals surface area contributed by atoms with Crippen molar-refractivity contribution in [2.45, 2.75) is 38.2 Å². The van der Waals surface area contributed by atoms with Crippen molar-refractivity contribution in [1.82, 2.24) is 14.9 Å². The molecular weight excluding hydrogens is 214 g/mol. The lowest BCUT2D eigenvalue weighted by atomic mass is 10.3. The molecule has 0 saturated heterocycles. The molecule has 17 heavy (non-hydrogen) atoms. The number of imidazole rings is 1. The SMILES string of the molecule is Cn1ccnc1CCNCCOC1CCCC1. The van der Waals surface area contributed by atoms with Gasteiger partial charge in [0.25, 0.3) is 0 Å². The predicted molar refractivity (Wildman–Crippen MR) is 68.0 cm³/mol. The summed E-state index contributed by atoms with van der Waals surface area (Å²) in [6.07, 6.45) is 10.5. The first-order chi connectivity index (χ1) is 8.36. The Morgan fingerprint density at radius 3 is 2.94 bits per heavy atom. The number of aromatic nitrogens is 2. The lowest BCUT2D eigenvalue weighted by molar-refractivity contribution is 0.0605. The number of ether oxygens (including phenoxy) is 1. The van der Waals surface area contributed by atoms with Crippen molar-refractivity contribution in [3.63, 3.8) is 0 Å². The van der Waals surface area contributed by atoms with Gasteiger partial charge in [-0.15, -0.1) is 0 Å². The van der Waals surface area contributed by atoms with E-state index < -0.39 is 0 Å². The van der Waals surface area contributed by atoms with Crippen molar-refractivity contribution in [3.8, 4) is 0 Å². The molecule has 0 bridgehead atoms. The predicted octanol–water partition coefficient (Wildman–Crippen LogP) is 1.51. The fraction of sp³-hybridized carbons (Fsp3) is 0.769. The molecule has 1 fully saturated rings. The minimum Gasteiger partial charge on any atom is -0.377 e. The van der Waals surface area contributed by atoms with Crippen LogP contribution in [0.1, 0.15) is 31.5 Å². The topological polar surface area (TPSA) is 39.1 Å². The highest BCUT2D eigenvalue weighted by Gasteiger charge is 2.14. The molecule has 1 aromatic heterocycles. The van der Waals surface area contributed by atoms with E-state index in [1.165, 1.54) is 25.7 Å². The van der Waals surface area contributed by atoms with Crippen LogP contribution < -0.4 is 5.32 Å². The first-order valence-electron chi connectivity index (χ1n) is 6.65. The van der Waals surface area contributed by atoms with E-state index in [0.717, 1.165) is 31.9 Å². The Morgan fingerprint density at radius 1 is 1.41 bits per heavy atom. The van der Waals surface area contributed by atoms with Crippen molar-refractivity contribution >= 4 is 0 Å². The zero-order valence-electron chi connectivity index (χ0n) is 10.7. The highest BCUT2D eigenvalue weighted by atomic mass is 16.5. The molecule has 0 atom stereocenters. The van der Waals surface area contributed by atoms with Crippen LogP contribution in [0.2, 0.25) is 0 Å². The van der Waals surface area contributed by atoms with E-state index >= 15 is 0 Å². The third kappa shape index (κ3) is 4.13. The largest absolute Gasteiger partial charge is 0.377 e. The Balaban J connectivity index is 1.47. The molecule has 0 unspecified atom stereocenters. The second kappa shape index (κ2) is 6.77. The number of nitrogens with one attached hydrogen (secondary N) is 1. The third-order valence-corrected chi connectivity index (χ3v) is 3.38. The standard InChI is InChI=1S/C13H23N3O/c1-16-10-8-15-13(16)6-7-14-9-11-17-12-4-2-3-5-12/h8,10,12,14H,2-7,9,11H2,1H3. The normalized spacial score (nSPS) is 16.8. The summed E-state index contributed by atoms with van der Waals surface area (Å²) in [7, 11) is 2.03. The van der Waals surface area contributed by atoms with E-state index in [4.69, 9.17) is 4.74 Å². The molecule has 0 aromatic carbocycles. The summed E-state index contributed by atoms with van der Waals surface area (Å²) in [6, 6.07) is 0. The Bertz CT molecular complexity index is 318. The lowest BCUT2D eigenvalue weighted by Gasteiger charge is -2.11. The summed E-state index contributed by atoms with van der Waals surface area (Å²) in [5, 5.41) is 3.40. The fourth-order valence-corrected chi connectivity index (χ4v) is 2.32. The van der Waals surface area contributed by atoms with E-state index in [1.807, 2.05) is 19.4 Å². The van der Waals surface area contributed by atoms with Crippen LogP contribution in [0.25, 0.3) is 0 Å². The number of aryl methyl sites for hydroxylation is 1. The lowest BCUT2D eigenvalue weighted by Crippen LogP contribution is -2.24. The number of nitrogens with zero attached hydrogens (tertiary/aromatic N) is 2. The molecule has 0 aliphatic heterocycles. The Kier molecular flexibility index (Phi) is 5.01. The first kappa shape index (κ1) is 12.6. The molecule has 1 aliphatic carbocycles. The molecule has 0 amide bonds. The smallest absolute Gasteiger partial charge is 0.109 e. The minimum absolute atomic E-state index is 0.534. The van der Waals surface area contributed by atoms with Gasteiger partial charge in [0, 0.05) is 39.0 Å². The molecule has 0 spiro atoms. The van der Waals surface area contributed by atoms with E-state index in [0.29, 0.717) is 6.10 Å². The highest BCUT2D eigenvalue weighted by Crippen LogP contribution is 2.20. The van der Waals surface area contributed by atoms with Gasteiger partial charge in [0.1, 0.15) is 5.82 Å². The molecule has 4 nitrogen and oxygen atoms in total. The van der Waals surface area contributed by atoms with Crippen LogP contribution >= 0.6 is 0 Å². The summed E-state index contributed by atoms with van der Waals surface area (Å²) in [4.78, 5) is 4.29. The second-order valence-corrected chi connectivity index (χ2v) is 4.73.